The van der Waals surface area contributed by atoms with E-state index >= 15 is 0 Å². The molecule has 18 heavy (non-hydrogen) atoms. The molecule has 0 aliphatic heterocycles. The standard InChI is InChI=1S/C13H21N3O2/c1-4-13(14,5-2)9-15-12-7-6-11(16(17)18)8-10(12)3/h6-8,15H,4-5,9,14H2,1-3H3. The average Bonchev–Trinajstić information content (AvgIpc) is 2.36. The van der Waals surface area contributed by atoms with Crippen LogP contribution in [0.25, 0.3) is 0 Å². The Hall–Kier alpha value is -1.62. The van der Waals surface area contributed by atoms with Crippen molar-refractivity contribution in [3.05, 3.63) is 33.9 Å². The van der Waals surface area contributed by atoms with Gasteiger partial charge in [-0.25, -0.2) is 0 Å². The molecule has 5 nitrogen and oxygen atoms in total. The van der Waals surface area contributed by atoms with Crippen molar-refractivity contribution in [2.24, 2.45) is 5.73 Å². The largest absolute Gasteiger partial charge is 0.383 e. The maximum atomic E-state index is 10.6. The summed E-state index contributed by atoms with van der Waals surface area (Å²) >= 11 is 0. The zero-order valence-electron chi connectivity index (χ0n) is 11.2. The number of nitrogens with one attached hydrogen (secondary N) is 1. The minimum atomic E-state index is -0.387. The van der Waals surface area contributed by atoms with E-state index in [1.807, 2.05) is 6.92 Å². The van der Waals surface area contributed by atoms with Crippen molar-refractivity contribution in [3.63, 3.8) is 0 Å². The van der Waals surface area contributed by atoms with Crippen LogP contribution in [0.4, 0.5) is 11.4 Å². The summed E-state index contributed by atoms with van der Waals surface area (Å²) in [5.74, 6) is 0. The third-order valence-electron chi connectivity index (χ3n) is 3.46. The quantitative estimate of drug-likeness (QED) is 0.601. The third kappa shape index (κ3) is 3.43. The van der Waals surface area contributed by atoms with Crippen molar-refractivity contribution < 1.29 is 4.92 Å². The maximum absolute atomic E-state index is 10.6. The molecule has 0 saturated carbocycles. The van der Waals surface area contributed by atoms with Gasteiger partial charge in [0.25, 0.3) is 5.69 Å². The van der Waals surface area contributed by atoms with Gasteiger partial charge < -0.3 is 11.1 Å². The molecular weight excluding hydrogens is 230 g/mol. The van der Waals surface area contributed by atoms with Crippen molar-refractivity contribution in [1.29, 1.82) is 0 Å². The highest BCUT2D eigenvalue weighted by Crippen LogP contribution is 2.22. The smallest absolute Gasteiger partial charge is 0.269 e. The van der Waals surface area contributed by atoms with Gasteiger partial charge in [-0.15, -0.1) is 0 Å². The van der Waals surface area contributed by atoms with E-state index in [4.69, 9.17) is 5.73 Å². The van der Waals surface area contributed by atoms with Crippen LogP contribution >= 0.6 is 0 Å². The predicted octanol–water partition coefficient (Wildman–Crippen LogP) is 2.83. The van der Waals surface area contributed by atoms with Crippen molar-refractivity contribution in [3.8, 4) is 0 Å². The predicted molar refractivity (Wildman–Crippen MR) is 73.8 cm³/mol. The molecule has 0 fully saturated rings. The number of rotatable bonds is 6. The van der Waals surface area contributed by atoms with E-state index in [1.54, 1.807) is 12.1 Å². The van der Waals surface area contributed by atoms with Crippen LogP contribution < -0.4 is 11.1 Å². The Labute approximate surface area is 108 Å². The molecule has 1 rings (SSSR count). The van der Waals surface area contributed by atoms with Gasteiger partial charge in [-0.1, -0.05) is 13.8 Å². The van der Waals surface area contributed by atoms with Gasteiger partial charge in [0.15, 0.2) is 0 Å². The Morgan fingerprint density at radius 2 is 2.00 bits per heavy atom. The second-order valence-electron chi connectivity index (χ2n) is 4.68. The van der Waals surface area contributed by atoms with Crippen LogP contribution in [0.1, 0.15) is 32.3 Å². The van der Waals surface area contributed by atoms with Gasteiger partial charge in [0.2, 0.25) is 0 Å². The summed E-state index contributed by atoms with van der Waals surface area (Å²) in [6.07, 6.45) is 1.78. The summed E-state index contributed by atoms with van der Waals surface area (Å²) in [6.45, 7) is 6.64. The number of non-ortho nitro benzene ring substituents is 1. The van der Waals surface area contributed by atoms with Gasteiger partial charge in [0.1, 0.15) is 0 Å². The number of nitro benzene ring substituents is 1. The summed E-state index contributed by atoms with van der Waals surface area (Å²) in [5.41, 5.74) is 7.85. The van der Waals surface area contributed by atoms with Gasteiger partial charge in [-0.05, 0) is 31.4 Å². The first-order valence-electron chi connectivity index (χ1n) is 6.19. The summed E-state index contributed by atoms with van der Waals surface area (Å²) in [7, 11) is 0. The molecule has 0 heterocycles. The van der Waals surface area contributed by atoms with Crippen molar-refractivity contribution in [2.75, 3.05) is 11.9 Å². The molecule has 0 radical (unpaired) electrons. The second kappa shape index (κ2) is 5.82. The second-order valence-corrected chi connectivity index (χ2v) is 4.68. The zero-order chi connectivity index (χ0) is 13.8. The number of benzene rings is 1. The number of anilines is 1. The van der Waals surface area contributed by atoms with Crippen LogP contribution in [0.2, 0.25) is 0 Å². The molecule has 0 spiro atoms. The van der Waals surface area contributed by atoms with E-state index in [0.29, 0.717) is 6.54 Å². The van der Waals surface area contributed by atoms with E-state index in [2.05, 4.69) is 19.2 Å². The van der Waals surface area contributed by atoms with E-state index in [9.17, 15) is 10.1 Å². The first kappa shape index (κ1) is 14.4. The number of hydrogen-bond donors (Lipinski definition) is 2. The molecule has 0 atom stereocenters. The van der Waals surface area contributed by atoms with Crippen LogP contribution in [0.3, 0.4) is 0 Å². The van der Waals surface area contributed by atoms with E-state index in [0.717, 1.165) is 24.1 Å². The minimum Gasteiger partial charge on any atom is -0.383 e. The lowest BCUT2D eigenvalue weighted by atomic mass is 9.94. The highest BCUT2D eigenvalue weighted by atomic mass is 16.6. The lowest BCUT2D eigenvalue weighted by Gasteiger charge is -2.27. The van der Waals surface area contributed by atoms with E-state index < -0.39 is 0 Å². The maximum Gasteiger partial charge on any atom is 0.269 e. The van der Waals surface area contributed by atoms with Gasteiger partial charge in [-0.3, -0.25) is 10.1 Å². The van der Waals surface area contributed by atoms with Gasteiger partial charge in [0.05, 0.1) is 4.92 Å². The summed E-state index contributed by atoms with van der Waals surface area (Å²) in [4.78, 5) is 10.3. The van der Waals surface area contributed by atoms with Crippen LogP contribution in [0.5, 0.6) is 0 Å². The minimum absolute atomic E-state index is 0.114. The number of nitrogens with zero attached hydrogens (tertiary/aromatic N) is 1. The molecule has 0 saturated heterocycles. The summed E-state index contributed by atoms with van der Waals surface area (Å²) < 4.78 is 0. The van der Waals surface area contributed by atoms with Crippen molar-refractivity contribution in [2.45, 2.75) is 39.2 Å². The van der Waals surface area contributed by atoms with Crippen molar-refractivity contribution >= 4 is 11.4 Å². The number of nitro groups is 1. The number of aryl methyl sites for hydroxylation is 1. The number of hydrogen-bond acceptors (Lipinski definition) is 4. The van der Waals surface area contributed by atoms with Gasteiger partial charge >= 0.3 is 0 Å². The Bertz CT molecular complexity index is 428. The molecule has 0 aromatic heterocycles. The van der Waals surface area contributed by atoms with Crippen LogP contribution in [0, 0.1) is 17.0 Å². The normalized spacial score (nSPS) is 11.3. The molecule has 0 unspecified atom stereocenters. The van der Waals surface area contributed by atoms with Crippen LogP contribution in [-0.2, 0) is 0 Å². The van der Waals surface area contributed by atoms with E-state index in [-0.39, 0.29) is 16.1 Å². The molecule has 1 aromatic carbocycles. The van der Waals surface area contributed by atoms with Gasteiger partial charge in [0, 0.05) is 29.9 Å². The van der Waals surface area contributed by atoms with Crippen LogP contribution in [-0.4, -0.2) is 17.0 Å². The zero-order valence-corrected chi connectivity index (χ0v) is 11.2. The Balaban J connectivity index is 2.77. The lowest BCUT2D eigenvalue weighted by Crippen LogP contribution is -2.45. The first-order chi connectivity index (χ1) is 8.41. The fourth-order valence-electron chi connectivity index (χ4n) is 1.73. The number of nitrogens with two attached hydrogens (primary N) is 1. The Morgan fingerprint density at radius 1 is 1.39 bits per heavy atom. The topological polar surface area (TPSA) is 81.2 Å². The molecule has 0 aliphatic rings. The van der Waals surface area contributed by atoms with Crippen LogP contribution in [0.15, 0.2) is 18.2 Å². The molecule has 3 N–H and O–H groups in total. The molecule has 1 aromatic rings. The molecule has 0 bridgehead atoms. The van der Waals surface area contributed by atoms with Gasteiger partial charge in [-0.2, -0.15) is 0 Å². The molecule has 0 amide bonds. The fourth-order valence-corrected chi connectivity index (χ4v) is 1.73. The Kier molecular flexibility index (Phi) is 4.67. The fraction of sp³-hybridized carbons (Fsp3) is 0.538. The summed E-state index contributed by atoms with van der Waals surface area (Å²) in [5, 5.41) is 13.9. The van der Waals surface area contributed by atoms with Crippen molar-refractivity contribution in [1.82, 2.24) is 0 Å². The highest BCUT2D eigenvalue weighted by Gasteiger charge is 2.20. The molecule has 5 heteroatoms. The molecular formula is C13H21N3O2. The first-order valence-corrected chi connectivity index (χ1v) is 6.19. The lowest BCUT2D eigenvalue weighted by molar-refractivity contribution is -0.384. The SMILES string of the molecule is CCC(N)(CC)CNc1ccc([N+](=O)[O-])cc1C. The third-order valence-corrected chi connectivity index (χ3v) is 3.46. The molecule has 0 aliphatic carbocycles. The average molecular weight is 251 g/mol. The highest BCUT2D eigenvalue weighted by molar-refractivity contribution is 5.55. The monoisotopic (exact) mass is 251 g/mol. The molecule has 100 valence electrons. The Morgan fingerprint density at radius 3 is 2.44 bits per heavy atom. The van der Waals surface area contributed by atoms with E-state index in [1.165, 1.54) is 6.07 Å². The summed E-state index contributed by atoms with van der Waals surface area (Å²) in [6, 6.07) is 4.81.